The molecular weight excluding hydrogens is 378 g/mol. The second-order valence-electron chi connectivity index (χ2n) is 8.21. The van der Waals surface area contributed by atoms with Gasteiger partial charge in [-0.1, -0.05) is 54.6 Å². The molecule has 0 aromatic heterocycles. The molecule has 30 heavy (non-hydrogen) atoms. The third kappa shape index (κ3) is 2.31. The number of likely N-dealkylation sites (tertiary alicyclic amines) is 1. The molecule has 3 heterocycles. The Morgan fingerprint density at radius 2 is 1.73 bits per heavy atom. The van der Waals surface area contributed by atoms with Crippen LogP contribution in [0.15, 0.2) is 67.3 Å². The van der Waals surface area contributed by atoms with Crippen LogP contribution in [0.25, 0.3) is 0 Å². The molecule has 3 aliphatic heterocycles. The number of rotatable bonds is 4. The number of carbonyl (C=O) groups is 3. The Morgan fingerprint density at radius 3 is 2.47 bits per heavy atom. The Hall–Kier alpha value is -3.25. The van der Waals surface area contributed by atoms with Crippen molar-refractivity contribution in [3.63, 3.8) is 0 Å². The van der Waals surface area contributed by atoms with Gasteiger partial charge < -0.3 is 4.90 Å². The molecule has 2 aromatic rings. The molecule has 4 atom stereocenters. The summed E-state index contributed by atoms with van der Waals surface area (Å²) in [5.74, 6) is -2.04. The number of hydrogen-bond acceptors (Lipinski definition) is 4. The van der Waals surface area contributed by atoms with Gasteiger partial charge in [0, 0.05) is 30.9 Å². The van der Waals surface area contributed by atoms with Crippen LogP contribution >= 0.6 is 0 Å². The van der Waals surface area contributed by atoms with E-state index in [0.717, 1.165) is 16.8 Å². The van der Waals surface area contributed by atoms with Crippen LogP contribution in [0.5, 0.6) is 0 Å². The van der Waals surface area contributed by atoms with Crippen LogP contribution in [0, 0.1) is 11.8 Å². The number of anilines is 1. The van der Waals surface area contributed by atoms with E-state index in [1.165, 1.54) is 11.9 Å². The fraction of sp³-hybridized carbons (Fsp3) is 0.292. The van der Waals surface area contributed by atoms with E-state index in [2.05, 4.69) is 11.9 Å². The highest BCUT2D eigenvalue weighted by Gasteiger charge is 2.70. The summed E-state index contributed by atoms with van der Waals surface area (Å²) >= 11 is 0. The maximum Gasteiger partial charge on any atom is 0.253 e. The first kappa shape index (κ1) is 18.8. The van der Waals surface area contributed by atoms with Gasteiger partial charge in [0.15, 0.2) is 0 Å². The van der Waals surface area contributed by atoms with E-state index < -0.39 is 17.4 Å². The van der Waals surface area contributed by atoms with Gasteiger partial charge in [0.2, 0.25) is 11.8 Å². The summed E-state index contributed by atoms with van der Waals surface area (Å²) in [6.07, 6.45) is 2.24. The third-order valence-electron chi connectivity index (χ3n) is 6.70. The molecule has 3 amide bonds. The zero-order chi connectivity index (χ0) is 21.0. The molecule has 3 aliphatic rings. The smallest absolute Gasteiger partial charge is 0.253 e. The molecule has 0 aliphatic carbocycles. The highest BCUT2D eigenvalue weighted by molar-refractivity contribution is 6.16. The molecular formula is C24H23N3O3. The number of hydrogen-bond donors (Lipinski definition) is 1. The minimum absolute atomic E-state index is 0.189. The van der Waals surface area contributed by atoms with Crippen LogP contribution in [-0.4, -0.2) is 42.3 Å². The summed E-state index contributed by atoms with van der Waals surface area (Å²) in [4.78, 5) is 43.0. The van der Waals surface area contributed by atoms with Crippen LogP contribution in [0.4, 0.5) is 5.69 Å². The van der Waals surface area contributed by atoms with E-state index in [4.69, 9.17) is 0 Å². The van der Waals surface area contributed by atoms with Crippen LogP contribution in [0.2, 0.25) is 0 Å². The van der Waals surface area contributed by atoms with Gasteiger partial charge in [0.1, 0.15) is 5.54 Å². The Kier molecular flexibility index (Phi) is 4.15. The number of nitrogens with one attached hydrogen (secondary N) is 1. The Morgan fingerprint density at radius 1 is 1.03 bits per heavy atom. The first-order valence-electron chi connectivity index (χ1n) is 10.2. The van der Waals surface area contributed by atoms with Gasteiger partial charge >= 0.3 is 0 Å². The monoisotopic (exact) mass is 401 g/mol. The predicted octanol–water partition coefficient (Wildman–Crippen LogP) is 1.86. The van der Waals surface area contributed by atoms with Crippen molar-refractivity contribution in [1.29, 1.82) is 0 Å². The molecule has 6 heteroatoms. The van der Waals surface area contributed by atoms with Gasteiger partial charge in [-0.15, -0.1) is 6.58 Å². The SMILES string of the molecule is C=CCN1C(=O)[C@@]2(N[C@@H](Cc3ccccc3)[C@H]3C(=O)N(C)C(=O)[C@H]32)c2ccccc21. The van der Waals surface area contributed by atoms with Crippen molar-refractivity contribution in [2.24, 2.45) is 11.8 Å². The van der Waals surface area contributed by atoms with Crippen LogP contribution in [-0.2, 0) is 26.3 Å². The molecule has 2 saturated heterocycles. The Balaban J connectivity index is 1.66. The van der Waals surface area contributed by atoms with E-state index in [-0.39, 0.29) is 23.8 Å². The lowest BCUT2D eigenvalue weighted by molar-refractivity contribution is -0.141. The fourth-order valence-electron chi connectivity index (χ4n) is 5.44. The minimum Gasteiger partial charge on any atom is -0.306 e. The average Bonchev–Trinajstić information content (AvgIpc) is 3.30. The standard InChI is InChI=1S/C24H23N3O3/c1-3-13-27-18-12-8-7-11-16(18)24(23(27)30)20-19(21(28)26(2)22(20)29)17(25-24)14-15-9-5-4-6-10-15/h3-12,17,19-20,25H,1,13-14H2,2H3/t17-,19+,20-,24+/m0/s1. The van der Waals surface area contributed by atoms with Crippen LogP contribution in [0.3, 0.4) is 0 Å². The molecule has 6 nitrogen and oxygen atoms in total. The number of benzene rings is 2. The highest BCUT2D eigenvalue weighted by Crippen LogP contribution is 2.54. The van der Waals surface area contributed by atoms with E-state index in [1.807, 2.05) is 54.6 Å². The maximum absolute atomic E-state index is 13.8. The second-order valence-corrected chi connectivity index (χ2v) is 8.21. The summed E-state index contributed by atoms with van der Waals surface area (Å²) in [5, 5.41) is 3.50. The zero-order valence-electron chi connectivity index (χ0n) is 16.7. The summed E-state index contributed by atoms with van der Waals surface area (Å²) in [7, 11) is 1.52. The molecule has 5 rings (SSSR count). The molecule has 1 spiro atoms. The maximum atomic E-state index is 13.8. The molecule has 0 unspecified atom stereocenters. The van der Waals surface area contributed by atoms with Crippen LogP contribution < -0.4 is 10.2 Å². The van der Waals surface area contributed by atoms with Crippen LogP contribution in [0.1, 0.15) is 11.1 Å². The number of amides is 3. The van der Waals surface area contributed by atoms with Gasteiger partial charge in [0.25, 0.3) is 5.91 Å². The lowest BCUT2D eigenvalue weighted by Gasteiger charge is -2.30. The summed E-state index contributed by atoms with van der Waals surface area (Å²) < 4.78 is 0. The van der Waals surface area contributed by atoms with E-state index in [1.54, 1.807) is 11.0 Å². The highest BCUT2D eigenvalue weighted by atomic mass is 16.2. The second kappa shape index (κ2) is 6.64. The van der Waals surface area contributed by atoms with E-state index >= 15 is 0 Å². The number of carbonyl (C=O) groups excluding carboxylic acids is 3. The molecule has 1 N–H and O–H groups in total. The summed E-state index contributed by atoms with van der Waals surface area (Å²) in [6, 6.07) is 17.1. The number of imide groups is 1. The lowest BCUT2D eigenvalue weighted by Crippen LogP contribution is -2.55. The van der Waals surface area contributed by atoms with Crippen molar-refractivity contribution in [3.05, 3.63) is 78.4 Å². The van der Waals surface area contributed by atoms with Crippen molar-refractivity contribution in [2.75, 3.05) is 18.5 Å². The van der Waals surface area contributed by atoms with E-state index in [9.17, 15) is 14.4 Å². The van der Waals surface area contributed by atoms with Crippen molar-refractivity contribution < 1.29 is 14.4 Å². The van der Waals surface area contributed by atoms with Crippen molar-refractivity contribution in [1.82, 2.24) is 10.2 Å². The number of fused-ring (bicyclic) bond motifs is 4. The topological polar surface area (TPSA) is 69.7 Å². The summed E-state index contributed by atoms with van der Waals surface area (Å²) in [6.45, 7) is 4.12. The molecule has 152 valence electrons. The Labute approximate surface area is 175 Å². The third-order valence-corrected chi connectivity index (χ3v) is 6.70. The molecule has 0 bridgehead atoms. The molecule has 2 aromatic carbocycles. The first-order valence-corrected chi connectivity index (χ1v) is 10.2. The number of nitrogens with zero attached hydrogens (tertiary/aromatic N) is 2. The normalized spacial score (nSPS) is 29.6. The first-order chi connectivity index (χ1) is 14.5. The average molecular weight is 401 g/mol. The van der Waals surface area contributed by atoms with Crippen molar-refractivity contribution >= 4 is 23.4 Å². The minimum atomic E-state index is -1.23. The quantitative estimate of drug-likeness (QED) is 0.627. The molecule has 0 saturated carbocycles. The van der Waals surface area contributed by atoms with Crippen molar-refractivity contribution in [2.45, 2.75) is 18.0 Å². The van der Waals surface area contributed by atoms with Gasteiger partial charge in [-0.25, -0.2) is 0 Å². The van der Waals surface area contributed by atoms with Gasteiger partial charge in [-0.05, 0) is 18.1 Å². The molecule has 2 fully saturated rings. The fourth-order valence-corrected chi connectivity index (χ4v) is 5.44. The van der Waals surface area contributed by atoms with Crippen molar-refractivity contribution in [3.8, 4) is 0 Å². The summed E-state index contributed by atoms with van der Waals surface area (Å²) in [5.41, 5.74) is 1.35. The van der Waals surface area contributed by atoms with Gasteiger partial charge in [-0.2, -0.15) is 0 Å². The predicted molar refractivity (Wildman–Crippen MR) is 112 cm³/mol. The zero-order valence-corrected chi connectivity index (χ0v) is 16.7. The van der Waals surface area contributed by atoms with Gasteiger partial charge in [-0.3, -0.25) is 24.6 Å². The van der Waals surface area contributed by atoms with Gasteiger partial charge in [0.05, 0.1) is 11.8 Å². The van der Waals surface area contributed by atoms with E-state index in [0.29, 0.717) is 13.0 Å². The lowest BCUT2D eigenvalue weighted by atomic mass is 9.76. The Bertz CT molecular complexity index is 1070. The largest absolute Gasteiger partial charge is 0.306 e. The molecule has 0 radical (unpaired) electrons. The number of para-hydroxylation sites is 1.